The van der Waals surface area contributed by atoms with Crippen LogP contribution in [-0.4, -0.2) is 37.2 Å². The SMILES string of the molecule is CCCCCCCCCC/C=C\CCCCCCCCCCCCCCCC(=O)OCC(COC(=O)CCCCCCCCCCC)OC(=O)CCCCCCCCCCCCCCCC. The molecule has 0 fully saturated rings. The lowest BCUT2D eigenvalue weighted by molar-refractivity contribution is -0.167. The highest BCUT2D eigenvalue weighted by Gasteiger charge is 2.19. The normalized spacial score (nSPS) is 12.0. The highest BCUT2D eigenvalue weighted by molar-refractivity contribution is 5.71. The molecule has 0 saturated heterocycles. The molecule has 0 aromatic heterocycles. The van der Waals surface area contributed by atoms with Crippen LogP contribution in [0, 0.1) is 0 Å². The van der Waals surface area contributed by atoms with Crippen molar-refractivity contribution in [2.24, 2.45) is 0 Å². The average Bonchev–Trinajstić information content (AvgIpc) is 3.31. The number of carbonyl (C=O) groups excluding carboxylic acids is 3. The van der Waals surface area contributed by atoms with Crippen molar-refractivity contribution in [1.29, 1.82) is 0 Å². The predicted molar refractivity (Wildman–Crippen MR) is 284 cm³/mol. The lowest BCUT2D eigenvalue weighted by atomic mass is 10.0. The van der Waals surface area contributed by atoms with Crippen molar-refractivity contribution in [2.45, 2.75) is 341 Å². The van der Waals surface area contributed by atoms with Crippen molar-refractivity contribution in [3.05, 3.63) is 12.2 Å². The summed E-state index contributed by atoms with van der Waals surface area (Å²) in [6, 6.07) is 0. The molecule has 0 aromatic carbocycles. The summed E-state index contributed by atoms with van der Waals surface area (Å²) in [7, 11) is 0. The van der Waals surface area contributed by atoms with Crippen LogP contribution in [0.5, 0.6) is 0 Å². The number of carbonyl (C=O) groups is 3. The minimum atomic E-state index is -0.762. The maximum atomic E-state index is 12.8. The zero-order valence-electron chi connectivity index (χ0n) is 44.7. The predicted octanol–water partition coefficient (Wildman–Crippen LogP) is 19.7. The number of rotatable bonds is 55. The lowest BCUT2D eigenvalue weighted by Gasteiger charge is -2.18. The first kappa shape index (κ1) is 64.2. The monoisotopic (exact) mass is 931 g/mol. The van der Waals surface area contributed by atoms with Crippen LogP contribution in [0.2, 0.25) is 0 Å². The third kappa shape index (κ3) is 53.1. The van der Waals surface area contributed by atoms with Gasteiger partial charge >= 0.3 is 17.9 Å². The van der Waals surface area contributed by atoms with Crippen LogP contribution in [0.1, 0.15) is 335 Å². The van der Waals surface area contributed by atoms with Gasteiger partial charge in [-0.25, -0.2) is 0 Å². The van der Waals surface area contributed by atoms with Crippen molar-refractivity contribution in [1.82, 2.24) is 0 Å². The summed E-state index contributed by atoms with van der Waals surface area (Å²) in [5.74, 6) is -0.844. The van der Waals surface area contributed by atoms with Crippen molar-refractivity contribution in [2.75, 3.05) is 13.2 Å². The number of ether oxygens (including phenoxy) is 3. The van der Waals surface area contributed by atoms with E-state index in [2.05, 4.69) is 32.9 Å². The van der Waals surface area contributed by atoms with E-state index >= 15 is 0 Å². The van der Waals surface area contributed by atoms with Crippen LogP contribution in [0.3, 0.4) is 0 Å². The molecule has 0 bridgehead atoms. The van der Waals surface area contributed by atoms with Gasteiger partial charge in [-0.1, -0.05) is 283 Å². The van der Waals surface area contributed by atoms with Crippen LogP contribution >= 0.6 is 0 Å². The topological polar surface area (TPSA) is 78.9 Å². The van der Waals surface area contributed by atoms with Crippen LogP contribution < -0.4 is 0 Å². The number of hydrogen-bond acceptors (Lipinski definition) is 6. The second kappa shape index (κ2) is 55.7. The molecule has 1 unspecified atom stereocenters. The largest absolute Gasteiger partial charge is 0.462 e. The zero-order valence-corrected chi connectivity index (χ0v) is 44.7. The molecule has 0 saturated carbocycles. The molecular formula is C60H114O6. The Hall–Kier alpha value is -1.85. The number of unbranched alkanes of at least 4 members (excludes halogenated alkanes) is 42. The molecule has 0 N–H and O–H groups in total. The van der Waals surface area contributed by atoms with Crippen molar-refractivity contribution in [3.63, 3.8) is 0 Å². The van der Waals surface area contributed by atoms with E-state index in [1.165, 1.54) is 238 Å². The van der Waals surface area contributed by atoms with Gasteiger partial charge in [-0.2, -0.15) is 0 Å². The molecule has 6 nitrogen and oxygen atoms in total. The number of hydrogen-bond donors (Lipinski definition) is 0. The molecule has 390 valence electrons. The summed E-state index contributed by atoms with van der Waals surface area (Å²) in [6.07, 6.45) is 63.7. The Kier molecular flexibility index (Phi) is 54.2. The summed E-state index contributed by atoms with van der Waals surface area (Å²) >= 11 is 0. The Bertz CT molecular complexity index is 1020. The quantitative estimate of drug-likeness (QED) is 0.0262. The summed E-state index contributed by atoms with van der Waals surface area (Å²) in [5, 5.41) is 0. The van der Waals surface area contributed by atoms with E-state index in [1.54, 1.807) is 0 Å². The van der Waals surface area contributed by atoms with Crippen molar-refractivity contribution >= 4 is 17.9 Å². The summed E-state index contributed by atoms with van der Waals surface area (Å²) in [6.45, 7) is 6.67. The highest BCUT2D eigenvalue weighted by atomic mass is 16.6. The first-order valence-electron chi connectivity index (χ1n) is 29.7. The lowest BCUT2D eigenvalue weighted by Crippen LogP contribution is -2.30. The summed E-state index contributed by atoms with van der Waals surface area (Å²) in [5.41, 5.74) is 0. The van der Waals surface area contributed by atoms with Crippen molar-refractivity contribution in [3.8, 4) is 0 Å². The molecule has 1 atom stereocenters. The minimum Gasteiger partial charge on any atom is -0.462 e. The van der Waals surface area contributed by atoms with E-state index in [9.17, 15) is 14.4 Å². The summed E-state index contributed by atoms with van der Waals surface area (Å²) in [4.78, 5) is 38.0. The Morgan fingerprint density at radius 2 is 0.500 bits per heavy atom. The molecule has 6 heteroatoms. The molecule has 0 heterocycles. The Labute approximate surface area is 411 Å². The maximum absolute atomic E-state index is 12.8. The molecule has 0 amide bonds. The minimum absolute atomic E-state index is 0.0641. The van der Waals surface area contributed by atoms with Gasteiger partial charge in [-0.15, -0.1) is 0 Å². The van der Waals surface area contributed by atoms with E-state index in [4.69, 9.17) is 14.2 Å². The smallest absolute Gasteiger partial charge is 0.306 e. The van der Waals surface area contributed by atoms with Gasteiger partial charge in [0.05, 0.1) is 0 Å². The van der Waals surface area contributed by atoms with Gasteiger partial charge in [-0.05, 0) is 44.9 Å². The van der Waals surface area contributed by atoms with E-state index in [0.717, 1.165) is 57.8 Å². The summed E-state index contributed by atoms with van der Waals surface area (Å²) < 4.78 is 16.8. The third-order valence-electron chi connectivity index (χ3n) is 13.5. The van der Waals surface area contributed by atoms with Gasteiger partial charge in [0, 0.05) is 19.3 Å². The molecule has 0 radical (unpaired) electrons. The van der Waals surface area contributed by atoms with Crippen LogP contribution in [0.25, 0.3) is 0 Å². The van der Waals surface area contributed by atoms with E-state index in [0.29, 0.717) is 19.3 Å². The highest BCUT2D eigenvalue weighted by Crippen LogP contribution is 2.17. The van der Waals surface area contributed by atoms with Gasteiger partial charge in [0.2, 0.25) is 0 Å². The molecule has 0 spiro atoms. The van der Waals surface area contributed by atoms with Gasteiger partial charge in [0.25, 0.3) is 0 Å². The fraction of sp³-hybridized carbons (Fsp3) is 0.917. The van der Waals surface area contributed by atoms with E-state index in [1.807, 2.05) is 0 Å². The van der Waals surface area contributed by atoms with E-state index in [-0.39, 0.29) is 31.1 Å². The standard InChI is InChI=1S/C60H114O6/c1-4-7-10-13-16-19-21-23-25-26-27-28-29-30-31-32-33-34-35-37-38-41-44-47-50-53-59(62)65-56-57(55-64-58(61)52-49-46-43-40-18-15-12-9-6-3)66-60(63)54-51-48-45-42-39-36-24-22-20-17-14-11-8-5-2/h26-27,57H,4-25,28-56H2,1-3H3/b27-26-. The van der Waals surface area contributed by atoms with Gasteiger partial charge in [0.15, 0.2) is 6.10 Å². The zero-order chi connectivity index (χ0) is 47.9. The Morgan fingerprint density at radius 3 is 0.758 bits per heavy atom. The first-order valence-corrected chi connectivity index (χ1v) is 29.7. The second-order valence-corrected chi connectivity index (χ2v) is 20.3. The van der Waals surface area contributed by atoms with Gasteiger partial charge in [-0.3, -0.25) is 14.4 Å². The third-order valence-corrected chi connectivity index (χ3v) is 13.5. The molecule has 0 aliphatic carbocycles. The fourth-order valence-corrected chi connectivity index (χ4v) is 9.03. The molecule has 0 aromatic rings. The van der Waals surface area contributed by atoms with E-state index < -0.39 is 6.10 Å². The second-order valence-electron chi connectivity index (χ2n) is 20.3. The van der Waals surface area contributed by atoms with Crippen LogP contribution in [0.15, 0.2) is 12.2 Å². The molecule has 66 heavy (non-hydrogen) atoms. The Balaban J connectivity index is 4.12. The molecule has 0 aliphatic rings. The first-order chi connectivity index (χ1) is 32.5. The number of esters is 3. The van der Waals surface area contributed by atoms with Crippen molar-refractivity contribution < 1.29 is 28.6 Å². The van der Waals surface area contributed by atoms with Gasteiger partial charge < -0.3 is 14.2 Å². The Morgan fingerprint density at radius 1 is 0.288 bits per heavy atom. The maximum Gasteiger partial charge on any atom is 0.306 e. The van der Waals surface area contributed by atoms with Crippen LogP contribution in [-0.2, 0) is 28.6 Å². The fourth-order valence-electron chi connectivity index (χ4n) is 9.03. The molecular weight excluding hydrogens is 817 g/mol. The van der Waals surface area contributed by atoms with Crippen LogP contribution in [0.4, 0.5) is 0 Å². The molecule has 0 aliphatic heterocycles. The molecule has 0 rings (SSSR count). The van der Waals surface area contributed by atoms with Gasteiger partial charge in [0.1, 0.15) is 13.2 Å². The average molecular weight is 932 g/mol. The number of allylic oxidation sites excluding steroid dienone is 2.